The van der Waals surface area contributed by atoms with Crippen molar-refractivity contribution in [3.63, 3.8) is 0 Å². The van der Waals surface area contributed by atoms with Gasteiger partial charge in [0, 0.05) is 0 Å². The Morgan fingerprint density at radius 1 is 1.33 bits per heavy atom. The minimum Gasteiger partial charge on any atom is -0.297 e. The molecule has 0 unspecified atom stereocenters. The summed E-state index contributed by atoms with van der Waals surface area (Å²) >= 11 is 0. The van der Waals surface area contributed by atoms with Gasteiger partial charge < -0.3 is 0 Å². The van der Waals surface area contributed by atoms with E-state index in [0.29, 0.717) is 6.29 Å². The summed E-state index contributed by atoms with van der Waals surface area (Å²) in [6.07, 6.45) is -3.07. The minimum absolute atomic E-state index is 0.111. The molecule has 0 amide bonds. The van der Waals surface area contributed by atoms with Crippen molar-refractivity contribution in [2.75, 3.05) is 0 Å². The van der Waals surface area contributed by atoms with Crippen LogP contribution in [0.15, 0.2) is 23.2 Å². The van der Waals surface area contributed by atoms with Gasteiger partial charge in [0.15, 0.2) is 6.29 Å². The number of carbonyl (C=O) groups excluding carboxylic acids is 1. The Labute approximate surface area is 84.4 Å². The summed E-state index contributed by atoms with van der Waals surface area (Å²) < 4.78 is 37.3. The van der Waals surface area contributed by atoms with Crippen molar-refractivity contribution in [3.8, 4) is 0 Å². The first-order valence-electron chi connectivity index (χ1n) is 4.11. The third kappa shape index (κ3) is 2.90. The van der Waals surface area contributed by atoms with Crippen molar-refractivity contribution in [2.24, 2.45) is 4.99 Å². The number of nitrogens with zero attached hydrogens (tertiary/aromatic N) is 1. The molecule has 1 aromatic carbocycles. The SMILES string of the molecule is Cc1ccc(N=CC=O)cc1C(F)(F)F. The molecule has 0 aliphatic rings. The molecule has 1 aromatic rings. The fourth-order valence-electron chi connectivity index (χ4n) is 1.11. The Balaban J connectivity index is 3.17. The third-order valence-corrected chi connectivity index (χ3v) is 1.81. The minimum atomic E-state index is -4.39. The summed E-state index contributed by atoms with van der Waals surface area (Å²) in [5.41, 5.74) is -0.490. The zero-order chi connectivity index (χ0) is 11.5. The predicted molar refractivity (Wildman–Crippen MR) is 50.4 cm³/mol. The van der Waals surface area contributed by atoms with Gasteiger partial charge in [-0.1, -0.05) is 6.07 Å². The summed E-state index contributed by atoms with van der Waals surface area (Å²) in [7, 11) is 0. The van der Waals surface area contributed by atoms with E-state index in [-0.39, 0.29) is 11.3 Å². The van der Waals surface area contributed by atoms with Crippen LogP contribution in [0.3, 0.4) is 0 Å². The van der Waals surface area contributed by atoms with Gasteiger partial charge in [-0.25, -0.2) is 0 Å². The molecule has 0 bridgehead atoms. The molecule has 0 radical (unpaired) electrons. The van der Waals surface area contributed by atoms with E-state index in [1.165, 1.54) is 19.1 Å². The fraction of sp³-hybridized carbons (Fsp3) is 0.200. The number of halogens is 3. The highest BCUT2D eigenvalue weighted by atomic mass is 19.4. The van der Waals surface area contributed by atoms with Crippen LogP contribution in [0.25, 0.3) is 0 Å². The number of benzene rings is 1. The Bertz CT molecular complexity index is 396. The summed E-state index contributed by atoms with van der Waals surface area (Å²) in [5.74, 6) is 0. The van der Waals surface area contributed by atoms with Crippen molar-refractivity contribution in [3.05, 3.63) is 29.3 Å². The summed E-state index contributed by atoms with van der Waals surface area (Å²) in [6.45, 7) is 1.37. The van der Waals surface area contributed by atoms with Gasteiger partial charge in [-0.3, -0.25) is 9.79 Å². The lowest BCUT2D eigenvalue weighted by Gasteiger charge is -2.10. The van der Waals surface area contributed by atoms with Gasteiger partial charge in [0.05, 0.1) is 17.5 Å². The number of rotatable bonds is 2. The Morgan fingerprint density at radius 3 is 2.53 bits per heavy atom. The Hall–Kier alpha value is -1.65. The van der Waals surface area contributed by atoms with Gasteiger partial charge >= 0.3 is 6.18 Å². The van der Waals surface area contributed by atoms with Gasteiger partial charge in [0.2, 0.25) is 0 Å². The molecule has 0 aliphatic heterocycles. The number of hydrogen-bond acceptors (Lipinski definition) is 2. The highest BCUT2D eigenvalue weighted by Crippen LogP contribution is 2.33. The summed E-state index contributed by atoms with van der Waals surface area (Å²) in [4.78, 5) is 13.5. The molecule has 0 saturated carbocycles. The molecule has 0 aromatic heterocycles. The average Bonchev–Trinajstić information content (AvgIpc) is 2.15. The highest BCUT2D eigenvalue weighted by molar-refractivity contribution is 6.13. The molecule has 0 heterocycles. The predicted octanol–water partition coefficient (Wildman–Crippen LogP) is 2.92. The van der Waals surface area contributed by atoms with Gasteiger partial charge in [-0.15, -0.1) is 0 Å². The second kappa shape index (κ2) is 4.25. The molecular formula is C10H8F3NO. The molecule has 5 heteroatoms. The Morgan fingerprint density at radius 2 is 2.00 bits per heavy atom. The van der Waals surface area contributed by atoms with Crippen molar-refractivity contribution in [2.45, 2.75) is 13.1 Å². The quantitative estimate of drug-likeness (QED) is 0.551. The maximum absolute atomic E-state index is 12.4. The topological polar surface area (TPSA) is 29.4 Å². The van der Waals surface area contributed by atoms with Crippen molar-refractivity contribution in [1.82, 2.24) is 0 Å². The number of alkyl halides is 3. The van der Waals surface area contributed by atoms with Gasteiger partial charge in [-0.05, 0) is 24.6 Å². The molecular weight excluding hydrogens is 207 g/mol. The first-order chi connectivity index (χ1) is 6.95. The number of aldehydes is 1. The summed E-state index contributed by atoms with van der Waals surface area (Å²) in [5, 5.41) is 0. The molecule has 0 N–H and O–H groups in total. The Kier molecular flexibility index (Phi) is 3.24. The van der Waals surface area contributed by atoms with E-state index >= 15 is 0 Å². The van der Waals surface area contributed by atoms with Crippen LogP contribution in [0, 0.1) is 6.92 Å². The molecule has 0 fully saturated rings. The zero-order valence-corrected chi connectivity index (χ0v) is 7.88. The molecule has 15 heavy (non-hydrogen) atoms. The fourth-order valence-corrected chi connectivity index (χ4v) is 1.11. The van der Waals surface area contributed by atoms with Gasteiger partial charge in [0.1, 0.15) is 0 Å². The largest absolute Gasteiger partial charge is 0.416 e. The molecule has 0 atom stereocenters. The molecule has 80 valence electrons. The van der Waals surface area contributed by atoms with Gasteiger partial charge in [0.25, 0.3) is 0 Å². The maximum Gasteiger partial charge on any atom is 0.416 e. The average molecular weight is 215 g/mol. The first-order valence-corrected chi connectivity index (χ1v) is 4.11. The van der Waals surface area contributed by atoms with Crippen LogP contribution in [-0.4, -0.2) is 12.5 Å². The van der Waals surface area contributed by atoms with Crippen LogP contribution in [0.4, 0.5) is 18.9 Å². The highest BCUT2D eigenvalue weighted by Gasteiger charge is 2.32. The summed E-state index contributed by atoms with van der Waals surface area (Å²) in [6, 6.07) is 3.65. The van der Waals surface area contributed by atoms with Crippen molar-refractivity contribution in [1.29, 1.82) is 0 Å². The van der Waals surface area contributed by atoms with E-state index in [2.05, 4.69) is 4.99 Å². The van der Waals surface area contributed by atoms with Crippen LogP contribution < -0.4 is 0 Å². The number of aryl methyl sites for hydroxylation is 1. The van der Waals surface area contributed by atoms with E-state index < -0.39 is 11.7 Å². The van der Waals surface area contributed by atoms with E-state index in [1.807, 2.05) is 0 Å². The van der Waals surface area contributed by atoms with Crippen LogP contribution in [-0.2, 0) is 11.0 Å². The van der Waals surface area contributed by atoms with E-state index in [1.54, 1.807) is 0 Å². The number of hydrogen-bond donors (Lipinski definition) is 0. The number of aliphatic imine (C=N–C) groups is 1. The van der Waals surface area contributed by atoms with Crippen molar-refractivity contribution >= 4 is 18.2 Å². The monoisotopic (exact) mass is 215 g/mol. The molecule has 1 rings (SSSR count). The van der Waals surface area contributed by atoms with Crippen LogP contribution in [0.5, 0.6) is 0 Å². The lowest BCUT2D eigenvalue weighted by Crippen LogP contribution is -2.06. The van der Waals surface area contributed by atoms with Crippen LogP contribution in [0.2, 0.25) is 0 Å². The van der Waals surface area contributed by atoms with Crippen LogP contribution >= 0.6 is 0 Å². The van der Waals surface area contributed by atoms with E-state index in [0.717, 1.165) is 12.3 Å². The lowest BCUT2D eigenvalue weighted by molar-refractivity contribution is -0.138. The van der Waals surface area contributed by atoms with Crippen molar-refractivity contribution < 1.29 is 18.0 Å². The molecule has 0 aliphatic carbocycles. The smallest absolute Gasteiger partial charge is 0.297 e. The number of carbonyl (C=O) groups is 1. The van der Waals surface area contributed by atoms with E-state index in [9.17, 15) is 18.0 Å². The lowest BCUT2D eigenvalue weighted by atomic mass is 10.1. The second-order valence-electron chi connectivity index (χ2n) is 2.91. The van der Waals surface area contributed by atoms with E-state index in [4.69, 9.17) is 0 Å². The van der Waals surface area contributed by atoms with Gasteiger partial charge in [-0.2, -0.15) is 13.2 Å². The zero-order valence-electron chi connectivity index (χ0n) is 7.88. The third-order valence-electron chi connectivity index (χ3n) is 1.81. The molecule has 0 spiro atoms. The standard InChI is InChI=1S/C10H8F3NO/c1-7-2-3-8(14-4-5-15)6-9(7)10(11,12)13/h2-6H,1H3. The normalized spacial score (nSPS) is 12.0. The molecule has 0 saturated heterocycles. The van der Waals surface area contributed by atoms with Crippen LogP contribution in [0.1, 0.15) is 11.1 Å². The first kappa shape index (κ1) is 11.4. The second-order valence-corrected chi connectivity index (χ2v) is 2.91. The maximum atomic E-state index is 12.4. The molecule has 2 nitrogen and oxygen atoms in total.